The average Bonchev–Trinajstić information content (AvgIpc) is 2.28. The lowest BCUT2D eigenvalue weighted by molar-refractivity contribution is -0.350. The minimum Gasteiger partial charge on any atom is -0.343 e. The van der Waals surface area contributed by atoms with Gasteiger partial charge in [-0.1, -0.05) is 37.3 Å². The van der Waals surface area contributed by atoms with E-state index in [1.165, 1.54) is 14.2 Å². The predicted octanol–water partition coefficient (Wildman–Crippen LogP) is 1.73. The summed E-state index contributed by atoms with van der Waals surface area (Å²) in [6, 6.07) is 9.60. The SMILES string of the molecule is COC(O)(OC)C(C)c1ccccc1. The van der Waals surface area contributed by atoms with Crippen molar-refractivity contribution in [3.63, 3.8) is 0 Å². The van der Waals surface area contributed by atoms with Gasteiger partial charge in [-0.2, -0.15) is 0 Å². The molecule has 0 radical (unpaired) electrons. The Morgan fingerprint density at radius 1 is 1.14 bits per heavy atom. The fourth-order valence-electron chi connectivity index (χ4n) is 1.39. The zero-order valence-corrected chi connectivity index (χ0v) is 8.73. The molecule has 0 spiro atoms. The largest absolute Gasteiger partial charge is 0.343 e. The number of methoxy groups -OCH3 is 2. The molecule has 14 heavy (non-hydrogen) atoms. The van der Waals surface area contributed by atoms with Gasteiger partial charge in [0.05, 0.1) is 5.92 Å². The van der Waals surface area contributed by atoms with Crippen LogP contribution in [0.15, 0.2) is 30.3 Å². The summed E-state index contributed by atoms with van der Waals surface area (Å²) in [5.74, 6) is -1.79. The van der Waals surface area contributed by atoms with Crippen LogP contribution >= 0.6 is 0 Å². The van der Waals surface area contributed by atoms with Gasteiger partial charge in [-0.25, -0.2) is 0 Å². The van der Waals surface area contributed by atoms with Crippen molar-refractivity contribution in [1.82, 2.24) is 0 Å². The van der Waals surface area contributed by atoms with E-state index in [0.29, 0.717) is 0 Å². The summed E-state index contributed by atoms with van der Waals surface area (Å²) in [6.07, 6.45) is 0. The van der Waals surface area contributed by atoms with Crippen LogP contribution in [0.5, 0.6) is 0 Å². The molecule has 1 aromatic carbocycles. The second-order valence-corrected chi connectivity index (χ2v) is 3.17. The first-order valence-electron chi connectivity index (χ1n) is 4.51. The van der Waals surface area contributed by atoms with Gasteiger partial charge in [-0.15, -0.1) is 0 Å². The van der Waals surface area contributed by atoms with Gasteiger partial charge in [-0.05, 0) is 5.56 Å². The van der Waals surface area contributed by atoms with Crippen molar-refractivity contribution in [3.8, 4) is 0 Å². The van der Waals surface area contributed by atoms with E-state index in [9.17, 15) is 5.11 Å². The van der Waals surface area contributed by atoms with Crippen LogP contribution in [0.4, 0.5) is 0 Å². The molecule has 1 unspecified atom stereocenters. The maximum atomic E-state index is 9.91. The molecule has 0 fully saturated rings. The van der Waals surface area contributed by atoms with Crippen molar-refractivity contribution in [2.24, 2.45) is 0 Å². The Labute approximate surface area is 84.3 Å². The second-order valence-electron chi connectivity index (χ2n) is 3.17. The van der Waals surface area contributed by atoms with E-state index < -0.39 is 5.97 Å². The quantitative estimate of drug-likeness (QED) is 0.745. The summed E-state index contributed by atoms with van der Waals surface area (Å²) >= 11 is 0. The van der Waals surface area contributed by atoms with Crippen LogP contribution in [0.2, 0.25) is 0 Å². The van der Waals surface area contributed by atoms with Crippen molar-refractivity contribution in [3.05, 3.63) is 35.9 Å². The molecule has 3 heteroatoms. The summed E-state index contributed by atoms with van der Waals surface area (Å²) in [5, 5.41) is 9.91. The first-order valence-corrected chi connectivity index (χ1v) is 4.51. The molecule has 0 aliphatic rings. The molecule has 1 atom stereocenters. The number of aliphatic hydroxyl groups is 1. The molecule has 0 saturated heterocycles. The van der Waals surface area contributed by atoms with Crippen LogP contribution in [0.3, 0.4) is 0 Å². The molecular weight excluding hydrogens is 180 g/mol. The topological polar surface area (TPSA) is 38.7 Å². The van der Waals surface area contributed by atoms with Crippen LogP contribution < -0.4 is 0 Å². The highest BCUT2D eigenvalue weighted by molar-refractivity contribution is 5.20. The highest BCUT2D eigenvalue weighted by Crippen LogP contribution is 2.28. The average molecular weight is 196 g/mol. The van der Waals surface area contributed by atoms with Gasteiger partial charge in [0, 0.05) is 14.2 Å². The van der Waals surface area contributed by atoms with Crippen molar-refractivity contribution in [1.29, 1.82) is 0 Å². The van der Waals surface area contributed by atoms with Crippen molar-refractivity contribution in [2.75, 3.05) is 14.2 Å². The fraction of sp³-hybridized carbons (Fsp3) is 0.455. The van der Waals surface area contributed by atoms with E-state index in [1.54, 1.807) is 0 Å². The lowest BCUT2D eigenvalue weighted by Gasteiger charge is -2.30. The van der Waals surface area contributed by atoms with E-state index in [-0.39, 0.29) is 5.92 Å². The summed E-state index contributed by atoms with van der Waals surface area (Å²) in [4.78, 5) is 0. The predicted molar refractivity (Wildman–Crippen MR) is 53.8 cm³/mol. The van der Waals surface area contributed by atoms with Crippen LogP contribution in [0.1, 0.15) is 18.4 Å². The third kappa shape index (κ3) is 2.12. The molecule has 78 valence electrons. The molecule has 0 aliphatic heterocycles. The molecule has 0 aliphatic carbocycles. The number of hydrogen-bond donors (Lipinski definition) is 1. The van der Waals surface area contributed by atoms with Crippen LogP contribution in [0.25, 0.3) is 0 Å². The number of hydrogen-bond acceptors (Lipinski definition) is 3. The molecule has 0 saturated carbocycles. The van der Waals surface area contributed by atoms with Gasteiger partial charge < -0.3 is 14.6 Å². The lowest BCUT2D eigenvalue weighted by atomic mass is 9.99. The smallest absolute Gasteiger partial charge is 0.286 e. The molecule has 1 rings (SSSR count). The van der Waals surface area contributed by atoms with Gasteiger partial charge >= 0.3 is 0 Å². The third-order valence-electron chi connectivity index (χ3n) is 2.43. The van der Waals surface area contributed by atoms with Crippen LogP contribution in [0, 0.1) is 0 Å². The highest BCUT2D eigenvalue weighted by atomic mass is 16.8. The second kappa shape index (κ2) is 4.55. The molecule has 1 aromatic rings. The molecule has 0 heterocycles. The minimum absolute atomic E-state index is 0.237. The van der Waals surface area contributed by atoms with E-state index in [2.05, 4.69) is 0 Å². The van der Waals surface area contributed by atoms with Gasteiger partial charge in [0.15, 0.2) is 0 Å². The van der Waals surface area contributed by atoms with E-state index in [1.807, 2.05) is 37.3 Å². The van der Waals surface area contributed by atoms with Crippen LogP contribution in [-0.4, -0.2) is 25.3 Å². The fourth-order valence-corrected chi connectivity index (χ4v) is 1.39. The molecule has 1 N–H and O–H groups in total. The van der Waals surface area contributed by atoms with Crippen LogP contribution in [-0.2, 0) is 9.47 Å². The Morgan fingerprint density at radius 3 is 2.07 bits per heavy atom. The zero-order chi connectivity index (χ0) is 10.6. The van der Waals surface area contributed by atoms with Crippen molar-refractivity contribution in [2.45, 2.75) is 18.8 Å². The van der Waals surface area contributed by atoms with Gasteiger partial charge in [0.1, 0.15) is 0 Å². The maximum absolute atomic E-state index is 9.91. The molecule has 3 nitrogen and oxygen atoms in total. The molecule has 0 aromatic heterocycles. The first kappa shape index (κ1) is 11.2. The Balaban J connectivity index is 2.89. The maximum Gasteiger partial charge on any atom is 0.286 e. The van der Waals surface area contributed by atoms with Crippen molar-refractivity contribution < 1.29 is 14.6 Å². The van der Waals surface area contributed by atoms with E-state index >= 15 is 0 Å². The highest BCUT2D eigenvalue weighted by Gasteiger charge is 2.34. The Hall–Kier alpha value is -0.900. The van der Waals surface area contributed by atoms with Gasteiger partial charge in [-0.3, -0.25) is 0 Å². The number of rotatable bonds is 4. The first-order chi connectivity index (χ1) is 6.64. The Kier molecular flexibility index (Phi) is 3.63. The zero-order valence-electron chi connectivity index (χ0n) is 8.73. The van der Waals surface area contributed by atoms with E-state index in [4.69, 9.17) is 9.47 Å². The molecular formula is C11H16O3. The lowest BCUT2D eigenvalue weighted by Crippen LogP contribution is -2.39. The summed E-state index contributed by atoms with van der Waals surface area (Å²) in [7, 11) is 2.84. The Morgan fingerprint density at radius 2 is 1.64 bits per heavy atom. The summed E-state index contributed by atoms with van der Waals surface area (Å²) < 4.78 is 9.87. The summed E-state index contributed by atoms with van der Waals surface area (Å²) in [5.41, 5.74) is 0.971. The van der Waals surface area contributed by atoms with Crippen molar-refractivity contribution >= 4 is 0 Å². The monoisotopic (exact) mass is 196 g/mol. The minimum atomic E-state index is -1.55. The Bertz CT molecular complexity index is 267. The third-order valence-corrected chi connectivity index (χ3v) is 2.43. The summed E-state index contributed by atoms with van der Waals surface area (Å²) in [6.45, 7) is 1.85. The molecule has 0 amide bonds. The van der Waals surface area contributed by atoms with Gasteiger partial charge in [0.2, 0.25) is 0 Å². The van der Waals surface area contributed by atoms with E-state index in [0.717, 1.165) is 5.56 Å². The van der Waals surface area contributed by atoms with Gasteiger partial charge in [0.25, 0.3) is 5.97 Å². The standard InChI is InChI=1S/C11H16O3/c1-9(11(12,13-2)14-3)10-7-5-4-6-8-10/h4-9,12H,1-3H3. The number of benzene rings is 1. The normalized spacial score (nSPS) is 14.0. The molecule has 0 bridgehead atoms. The number of ether oxygens (including phenoxy) is 2.